The first kappa shape index (κ1) is 17.6. The van der Waals surface area contributed by atoms with Gasteiger partial charge in [0.05, 0.1) is 16.1 Å². The van der Waals surface area contributed by atoms with Crippen molar-refractivity contribution in [3.63, 3.8) is 0 Å². The van der Waals surface area contributed by atoms with Gasteiger partial charge in [-0.05, 0) is 37.9 Å². The van der Waals surface area contributed by atoms with Gasteiger partial charge in [-0.1, -0.05) is 35.3 Å². The first-order valence-electron chi connectivity index (χ1n) is 6.54. The second-order valence-electron chi connectivity index (χ2n) is 4.93. The smallest absolute Gasteiger partial charge is 0.222 e. The molecule has 0 radical (unpaired) electrons. The monoisotopic (exact) mass is 336 g/mol. The second kappa shape index (κ2) is 8.08. The molecule has 1 aromatic rings. The quantitative estimate of drug-likeness (QED) is 0.879. The van der Waals surface area contributed by atoms with Gasteiger partial charge in [0.2, 0.25) is 5.91 Å². The Balaban J connectivity index is 0.00000200. The van der Waals surface area contributed by atoms with E-state index in [1.165, 1.54) is 0 Å². The van der Waals surface area contributed by atoms with Crippen LogP contribution in [-0.4, -0.2) is 18.5 Å². The number of halogens is 3. The maximum Gasteiger partial charge on any atom is 0.222 e. The minimum absolute atomic E-state index is 0. The van der Waals surface area contributed by atoms with Crippen molar-refractivity contribution in [1.82, 2.24) is 10.6 Å². The molecule has 1 aliphatic rings. The predicted octanol–water partition coefficient (Wildman–Crippen LogP) is 3.73. The molecule has 2 rings (SSSR count). The van der Waals surface area contributed by atoms with Crippen LogP contribution in [0.3, 0.4) is 0 Å². The van der Waals surface area contributed by atoms with Crippen LogP contribution in [0.5, 0.6) is 0 Å². The lowest BCUT2D eigenvalue weighted by Crippen LogP contribution is -2.33. The Morgan fingerprint density at radius 3 is 2.90 bits per heavy atom. The molecule has 2 unspecified atom stereocenters. The molecule has 0 spiro atoms. The van der Waals surface area contributed by atoms with E-state index in [1.807, 2.05) is 19.1 Å². The van der Waals surface area contributed by atoms with Crippen LogP contribution < -0.4 is 10.6 Å². The van der Waals surface area contributed by atoms with Gasteiger partial charge in [0.1, 0.15) is 0 Å². The summed E-state index contributed by atoms with van der Waals surface area (Å²) in [6.07, 6.45) is 2.73. The van der Waals surface area contributed by atoms with Crippen molar-refractivity contribution in [2.24, 2.45) is 0 Å². The lowest BCUT2D eigenvalue weighted by atomic mass is 10.1. The van der Waals surface area contributed by atoms with Gasteiger partial charge in [0, 0.05) is 12.5 Å². The summed E-state index contributed by atoms with van der Waals surface area (Å²) in [5, 5.41) is 7.30. The summed E-state index contributed by atoms with van der Waals surface area (Å²) >= 11 is 12.1. The molecule has 0 saturated carbocycles. The summed E-state index contributed by atoms with van der Waals surface area (Å²) in [5.41, 5.74) is 0.849. The largest absolute Gasteiger partial charge is 0.349 e. The van der Waals surface area contributed by atoms with E-state index in [0.717, 1.165) is 24.9 Å². The number of hydrogen-bond donors (Lipinski definition) is 2. The van der Waals surface area contributed by atoms with E-state index in [4.69, 9.17) is 23.2 Å². The van der Waals surface area contributed by atoms with Crippen LogP contribution in [0.2, 0.25) is 10.0 Å². The Kier molecular flexibility index (Phi) is 7.10. The summed E-state index contributed by atoms with van der Waals surface area (Å²) in [5.74, 6) is 0.0444. The van der Waals surface area contributed by atoms with Crippen LogP contribution in [0.1, 0.15) is 37.8 Å². The molecule has 0 aliphatic carbocycles. The summed E-state index contributed by atoms with van der Waals surface area (Å²) in [7, 11) is 0. The topological polar surface area (TPSA) is 41.1 Å². The molecule has 2 atom stereocenters. The van der Waals surface area contributed by atoms with Crippen molar-refractivity contribution >= 4 is 41.5 Å². The minimum atomic E-state index is -0.139. The molecule has 2 N–H and O–H groups in total. The van der Waals surface area contributed by atoms with Crippen molar-refractivity contribution in [3.8, 4) is 0 Å². The molecular weight excluding hydrogens is 319 g/mol. The molecule has 1 amide bonds. The molecule has 0 aromatic heterocycles. The standard InChI is InChI=1S/C14H18Cl2N2O.ClH/c1-9(11-5-2-6-12(15)14(11)16)18-13(19)8-10-4-3-7-17-10;/h2,5-6,9-10,17H,3-4,7-8H2,1H3,(H,18,19);1H. The fourth-order valence-corrected chi connectivity index (χ4v) is 2.86. The fraction of sp³-hybridized carbons (Fsp3) is 0.500. The van der Waals surface area contributed by atoms with Gasteiger partial charge in [-0.25, -0.2) is 0 Å². The van der Waals surface area contributed by atoms with E-state index in [-0.39, 0.29) is 24.4 Å². The molecule has 3 nitrogen and oxygen atoms in total. The Morgan fingerprint density at radius 2 is 2.25 bits per heavy atom. The normalized spacial score (nSPS) is 19.2. The van der Waals surface area contributed by atoms with Gasteiger partial charge in [0.15, 0.2) is 0 Å². The second-order valence-corrected chi connectivity index (χ2v) is 5.71. The number of hydrogen-bond acceptors (Lipinski definition) is 2. The highest BCUT2D eigenvalue weighted by atomic mass is 35.5. The summed E-state index contributed by atoms with van der Waals surface area (Å²) in [6, 6.07) is 5.63. The molecule has 1 aromatic carbocycles. The van der Waals surface area contributed by atoms with Crippen LogP contribution in [0.25, 0.3) is 0 Å². The molecule has 1 saturated heterocycles. The number of benzene rings is 1. The zero-order chi connectivity index (χ0) is 13.8. The van der Waals surface area contributed by atoms with Gasteiger partial charge < -0.3 is 10.6 Å². The number of carbonyl (C=O) groups is 1. The molecule has 1 fully saturated rings. The molecule has 0 bridgehead atoms. The highest BCUT2D eigenvalue weighted by molar-refractivity contribution is 6.42. The number of nitrogens with one attached hydrogen (secondary N) is 2. The lowest BCUT2D eigenvalue weighted by Gasteiger charge is -2.18. The predicted molar refractivity (Wildman–Crippen MR) is 85.9 cm³/mol. The van der Waals surface area contributed by atoms with E-state index < -0.39 is 0 Å². The highest BCUT2D eigenvalue weighted by Crippen LogP contribution is 2.29. The average molecular weight is 338 g/mol. The Bertz CT molecular complexity index is 462. The third kappa shape index (κ3) is 4.52. The summed E-state index contributed by atoms with van der Waals surface area (Å²) in [4.78, 5) is 12.0. The number of amides is 1. The van der Waals surface area contributed by atoms with Crippen LogP contribution >= 0.6 is 35.6 Å². The van der Waals surface area contributed by atoms with Gasteiger partial charge in [-0.3, -0.25) is 4.79 Å². The van der Waals surface area contributed by atoms with Gasteiger partial charge in [0.25, 0.3) is 0 Å². The average Bonchev–Trinajstić information content (AvgIpc) is 2.85. The van der Waals surface area contributed by atoms with Crippen LogP contribution in [0.4, 0.5) is 0 Å². The molecule has 1 aliphatic heterocycles. The lowest BCUT2D eigenvalue weighted by molar-refractivity contribution is -0.122. The third-order valence-corrected chi connectivity index (χ3v) is 4.25. The summed E-state index contributed by atoms with van der Waals surface area (Å²) < 4.78 is 0. The summed E-state index contributed by atoms with van der Waals surface area (Å²) in [6.45, 7) is 2.92. The van der Waals surface area contributed by atoms with Gasteiger partial charge in [-0.2, -0.15) is 0 Å². The molecule has 112 valence electrons. The maximum atomic E-state index is 12.0. The van der Waals surface area contributed by atoms with Crippen molar-refractivity contribution in [2.75, 3.05) is 6.54 Å². The molecule has 20 heavy (non-hydrogen) atoms. The minimum Gasteiger partial charge on any atom is -0.349 e. The molecule has 1 heterocycles. The maximum absolute atomic E-state index is 12.0. The van der Waals surface area contributed by atoms with Crippen LogP contribution in [-0.2, 0) is 4.79 Å². The van der Waals surface area contributed by atoms with E-state index in [1.54, 1.807) is 6.07 Å². The first-order chi connectivity index (χ1) is 9.08. The molecule has 6 heteroatoms. The van der Waals surface area contributed by atoms with Crippen LogP contribution in [0.15, 0.2) is 18.2 Å². The Labute approximate surface area is 135 Å². The van der Waals surface area contributed by atoms with Crippen molar-refractivity contribution in [2.45, 2.75) is 38.3 Å². The fourth-order valence-electron chi connectivity index (χ4n) is 2.39. The first-order valence-corrected chi connectivity index (χ1v) is 7.30. The Hall–Kier alpha value is -0.480. The van der Waals surface area contributed by atoms with E-state index in [9.17, 15) is 4.79 Å². The van der Waals surface area contributed by atoms with Crippen molar-refractivity contribution in [1.29, 1.82) is 0 Å². The third-order valence-electron chi connectivity index (χ3n) is 3.42. The SMILES string of the molecule is CC(NC(=O)CC1CCCN1)c1cccc(Cl)c1Cl.Cl. The van der Waals surface area contributed by atoms with Crippen molar-refractivity contribution < 1.29 is 4.79 Å². The zero-order valence-corrected chi connectivity index (χ0v) is 13.6. The van der Waals surface area contributed by atoms with Crippen molar-refractivity contribution in [3.05, 3.63) is 33.8 Å². The zero-order valence-electron chi connectivity index (χ0n) is 11.3. The molecular formula is C14H19Cl3N2O. The number of rotatable bonds is 4. The Morgan fingerprint density at radius 1 is 1.50 bits per heavy atom. The van der Waals surface area contributed by atoms with Gasteiger partial charge in [-0.15, -0.1) is 12.4 Å². The van der Waals surface area contributed by atoms with E-state index >= 15 is 0 Å². The van der Waals surface area contributed by atoms with Gasteiger partial charge >= 0.3 is 0 Å². The highest BCUT2D eigenvalue weighted by Gasteiger charge is 2.20. The van der Waals surface area contributed by atoms with E-state index in [2.05, 4.69) is 10.6 Å². The van der Waals surface area contributed by atoms with Crippen LogP contribution in [0, 0.1) is 0 Å². The number of carbonyl (C=O) groups excluding carboxylic acids is 1. The van der Waals surface area contributed by atoms with E-state index in [0.29, 0.717) is 22.5 Å².